The molecule has 0 saturated heterocycles. The van der Waals surface area contributed by atoms with Gasteiger partial charge in [-0.25, -0.2) is 0 Å². The number of aliphatic hydroxyl groups excluding tert-OH is 1. The van der Waals surface area contributed by atoms with Crippen LogP contribution in [0.1, 0.15) is 0 Å². The van der Waals surface area contributed by atoms with Crippen molar-refractivity contribution >= 4 is 17.3 Å². The third-order valence-electron chi connectivity index (χ3n) is 2.11. The molecule has 16 heavy (non-hydrogen) atoms. The van der Waals surface area contributed by atoms with E-state index in [1.54, 1.807) is 0 Å². The Morgan fingerprint density at radius 2 is 2.38 bits per heavy atom. The smallest absolute Gasteiger partial charge is 0.316 e. The molecule has 2 rings (SSSR count). The lowest BCUT2D eigenvalue weighted by molar-refractivity contribution is -0.386. The number of rotatable bonds is 2. The van der Waals surface area contributed by atoms with E-state index in [2.05, 4.69) is 0 Å². The summed E-state index contributed by atoms with van der Waals surface area (Å²) in [5, 5.41) is 19.8. The molecule has 0 fully saturated rings. The predicted molar refractivity (Wildman–Crippen MR) is 55.1 cm³/mol. The molecule has 0 aromatic heterocycles. The zero-order valence-electron chi connectivity index (χ0n) is 8.05. The van der Waals surface area contributed by atoms with Crippen LogP contribution < -0.4 is 9.47 Å². The monoisotopic (exact) mass is 245 g/mol. The standard InChI is InChI=1S/C9H8ClNO5/c10-5-1-7(11(13)14)9-8(2-5)16-6(3-12)4-15-9/h1-2,6,12H,3-4H2. The quantitative estimate of drug-likeness (QED) is 0.629. The van der Waals surface area contributed by atoms with Crippen LogP contribution in [0.3, 0.4) is 0 Å². The van der Waals surface area contributed by atoms with Gasteiger partial charge in [-0.2, -0.15) is 0 Å². The highest BCUT2D eigenvalue weighted by molar-refractivity contribution is 6.31. The van der Waals surface area contributed by atoms with Gasteiger partial charge in [0.15, 0.2) is 11.9 Å². The van der Waals surface area contributed by atoms with Crippen molar-refractivity contribution in [1.29, 1.82) is 0 Å². The van der Waals surface area contributed by atoms with Crippen LogP contribution in [-0.4, -0.2) is 29.3 Å². The SMILES string of the molecule is O=[N+]([O-])c1cc(Cl)cc2c1OCC(CO)O2. The Balaban J connectivity index is 2.45. The van der Waals surface area contributed by atoms with Crippen LogP contribution in [0.5, 0.6) is 11.5 Å². The molecule has 6 nitrogen and oxygen atoms in total. The van der Waals surface area contributed by atoms with Crippen molar-refractivity contribution in [2.45, 2.75) is 6.10 Å². The average Bonchev–Trinajstić information content (AvgIpc) is 2.26. The van der Waals surface area contributed by atoms with Gasteiger partial charge < -0.3 is 14.6 Å². The number of nitro groups is 1. The number of hydrogen-bond donors (Lipinski definition) is 1. The summed E-state index contributed by atoms with van der Waals surface area (Å²) in [6.45, 7) is -0.147. The number of fused-ring (bicyclic) bond motifs is 1. The van der Waals surface area contributed by atoms with Gasteiger partial charge in [-0.05, 0) is 0 Å². The number of nitrogens with zero attached hydrogens (tertiary/aromatic N) is 1. The Kier molecular flexibility index (Phi) is 2.84. The zero-order chi connectivity index (χ0) is 11.7. The summed E-state index contributed by atoms with van der Waals surface area (Å²) in [5.74, 6) is 0.239. The topological polar surface area (TPSA) is 81.8 Å². The second-order valence-corrected chi connectivity index (χ2v) is 3.68. The lowest BCUT2D eigenvalue weighted by atomic mass is 10.2. The second kappa shape index (κ2) is 4.15. The molecule has 1 aromatic carbocycles. The summed E-state index contributed by atoms with van der Waals surface area (Å²) < 4.78 is 10.5. The Morgan fingerprint density at radius 3 is 3.00 bits per heavy atom. The van der Waals surface area contributed by atoms with Crippen molar-refractivity contribution < 1.29 is 19.5 Å². The Labute approximate surface area is 95.5 Å². The van der Waals surface area contributed by atoms with Gasteiger partial charge in [0.2, 0.25) is 5.75 Å². The summed E-state index contributed by atoms with van der Waals surface area (Å²) in [7, 11) is 0. The maximum atomic E-state index is 10.7. The van der Waals surface area contributed by atoms with Gasteiger partial charge >= 0.3 is 5.69 Å². The molecule has 0 spiro atoms. The number of hydrogen-bond acceptors (Lipinski definition) is 5. The number of halogens is 1. The third-order valence-corrected chi connectivity index (χ3v) is 2.33. The molecule has 1 atom stereocenters. The zero-order valence-corrected chi connectivity index (χ0v) is 8.81. The summed E-state index contributed by atoms with van der Waals surface area (Å²) in [4.78, 5) is 10.1. The van der Waals surface area contributed by atoms with Crippen molar-refractivity contribution in [3.63, 3.8) is 0 Å². The highest BCUT2D eigenvalue weighted by Gasteiger charge is 2.28. The number of aliphatic hydroxyl groups is 1. The fraction of sp³-hybridized carbons (Fsp3) is 0.333. The summed E-state index contributed by atoms with van der Waals surface area (Å²) in [6.07, 6.45) is -0.523. The molecule has 0 amide bonds. The molecule has 1 heterocycles. The van der Waals surface area contributed by atoms with E-state index in [0.29, 0.717) is 0 Å². The first-order valence-corrected chi connectivity index (χ1v) is 4.88. The van der Waals surface area contributed by atoms with Crippen molar-refractivity contribution in [2.75, 3.05) is 13.2 Å². The molecule has 1 aromatic rings. The molecule has 0 saturated carbocycles. The van der Waals surface area contributed by atoms with Crippen molar-refractivity contribution in [3.8, 4) is 11.5 Å². The van der Waals surface area contributed by atoms with Crippen LogP contribution in [-0.2, 0) is 0 Å². The Hall–Kier alpha value is -1.53. The first kappa shape index (κ1) is 11.0. The molecule has 0 aliphatic carbocycles. The minimum atomic E-state index is -0.590. The van der Waals surface area contributed by atoms with Crippen LogP contribution in [0.25, 0.3) is 0 Å². The van der Waals surface area contributed by atoms with Gasteiger partial charge in [0.25, 0.3) is 0 Å². The van der Waals surface area contributed by atoms with Gasteiger partial charge in [0.05, 0.1) is 16.6 Å². The number of ether oxygens (including phenoxy) is 2. The molecule has 0 radical (unpaired) electrons. The Bertz CT molecular complexity index is 436. The second-order valence-electron chi connectivity index (χ2n) is 3.24. The molecule has 1 aliphatic heterocycles. The fourth-order valence-corrected chi connectivity index (χ4v) is 1.61. The molecular formula is C9H8ClNO5. The minimum absolute atomic E-state index is 0.0547. The number of nitro benzene ring substituents is 1. The molecule has 1 aliphatic rings. The maximum absolute atomic E-state index is 10.7. The van der Waals surface area contributed by atoms with Crippen LogP contribution in [0, 0.1) is 10.1 Å². The maximum Gasteiger partial charge on any atom is 0.316 e. The van der Waals surface area contributed by atoms with E-state index >= 15 is 0 Å². The predicted octanol–water partition coefficient (Wildman–Crippen LogP) is 1.38. The van der Waals surface area contributed by atoms with E-state index in [0.717, 1.165) is 0 Å². The van der Waals surface area contributed by atoms with Crippen LogP contribution in [0.4, 0.5) is 5.69 Å². The number of benzene rings is 1. The van der Waals surface area contributed by atoms with Gasteiger partial charge in [-0.1, -0.05) is 11.6 Å². The van der Waals surface area contributed by atoms with Crippen molar-refractivity contribution in [1.82, 2.24) is 0 Å². The van der Waals surface area contributed by atoms with Crippen molar-refractivity contribution in [2.24, 2.45) is 0 Å². The molecular weight excluding hydrogens is 238 g/mol. The molecule has 86 valence electrons. The van der Waals surface area contributed by atoms with Crippen LogP contribution in [0.2, 0.25) is 5.02 Å². The molecule has 1 unspecified atom stereocenters. The van der Waals surface area contributed by atoms with E-state index in [9.17, 15) is 10.1 Å². The van der Waals surface area contributed by atoms with Crippen LogP contribution in [0.15, 0.2) is 12.1 Å². The molecule has 1 N–H and O–H groups in total. The highest BCUT2D eigenvalue weighted by atomic mass is 35.5. The van der Waals surface area contributed by atoms with Crippen LogP contribution >= 0.6 is 11.6 Å². The Morgan fingerprint density at radius 1 is 1.62 bits per heavy atom. The van der Waals surface area contributed by atoms with Gasteiger partial charge in [0, 0.05) is 12.1 Å². The van der Waals surface area contributed by atoms with E-state index in [-0.39, 0.29) is 35.4 Å². The molecule has 0 bridgehead atoms. The minimum Gasteiger partial charge on any atom is -0.480 e. The van der Waals surface area contributed by atoms with Crippen molar-refractivity contribution in [3.05, 3.63) is 27.3 Å². The lowest BCUT2D eigenvalue weighted by Gasteiger charge is -2.24. The summed E-state index contributed by atoms with van der Waals surface area (Å²) >= 11 is 5.71. The first-order valence-electron chi connectivity index (χ1n) is 4.50. The van der Waals surface area contributed by atoms with Gasteiger partial charge in [-0.15, -0.1) is 0 Å². The normalized spacial score (nSPS) is 18.2. The van der Waals surface area contributed by atoms with E-state index in [1.165, 1.54) is 12.1 Å². The van der Waals surface area contributed by atoms with Gasteiger partial charge in [0.1, 0.15) is 6.61 Å². The highest BCUT2D eigenvalue weighted by Crippen LogP contribution is 2.42. The largest absolute Gasteiger partial charge is 0.480 e. The fourth-order valence-electron chi connectivity index (χ4n) is 1.40. The first-order chi connectivity index (χ1) is 7.61. The summed E-state index contributed by atoms with van der Waals surface area (Å²) in [6, 6.07) is 2.62. The van der Waals surface area contributed by atoms with E-state index in [1.807, 2.05) is 0 Å². The molecule has 7 heteroatoms. The van der Waals surface area contributed by atoms with Gasteiger partial charge in [-0.3, -0.25) is 10.1 Å². The van der Waals surface area contributed by atoms with E-state index in [4.69, 9.17) is 26.2 Å². The lowest BCUT2D eigenvalue weighted by Crippen LogP contribution is -2.32. The average molecular weight is 246 g/mol. The van der Waals surface area contributed by atoms with E-state index < -0.39 is 11.0 Å². The third kappa shape index (κ3) is 1.89. The summed E-state index contributed by atoms with van der Waals surface area (Å²) in [5.41, 5.74) is -0.237.